The molecule has 0 unspecified atom stereocenters. The predicted molar refractivity (Wildman–Crippen MR) is 106 cm³/mol. The number of rotatable bonds is 6. The van der Waals surface area contributed by atoms with E-state index in [9.17, 15) is 4.79 Å². The highest BCUT2D eigenvalue weighted by Gasteiger charge is 2.52. The van der Waals surface area contributed by atoms with Crippen LogP contribution in [0.4, 0.5) is 4.79 Å². The first-order valence-corrected chi connectivity index (χ1v) is 9.70. The summed E-state index contributed by atoms with van der Waals surface area (Å²) < 4.78 is 19.4. The molecule has 1 amide bonds. The molecule has 27 heavy (non-hydrogen) atoms. The van der Waals surface area contributed by atoms with Crippen molar-refractivity contribution < 1.29 is 18.8 Å². The summed E-state index contributed by atoms with van der Waals surface area (Å²) in [7, 11) is -0.429. The number of amides is 1. The Bertz CT molecular complexity index is 636. The van der Waals surface area contributed by atoms with Crippen LogP contribution in [0.1, 0.15) is 61.8 Å². The molecule has 1 fully saturated rings. The molecular weight excluding hydrogens is 345 g/mol. The van der Waals surface area contributed by atoms with E-state index >= 15 is 0 Å². The molecule has 2 rings (SSSR count). The molecule has 2 heterocycles. The van der Waals surface area contributed by atoms with Gasteiger partial charge in [0.05, 0.1) is 17.7 Å². The first kappa shape index (κ1) is 21.8. The Morgan fingerprint density at radius 1 is 1.22 bits per heavy atom. The summed E-state index contributed by atoms with van der Waals surface area (Å²) in [5.41, 5.74) is -0.380. The van der Waals surface area contributed by atoms with Gasteiger partial charge in [-0.3, -0.25) is 4.68 Å². The third-order valence-corrected chi connectivity index (χ3v) is 4.92. The number of aromatic nitrogens is 2. The van der Waals surface area contributed by atoms with Gasteiger partial charge in [0.1, 0.15) is 5.60 Å². The van der Waals surface area contributed by atoms with Crippen LogP contribution in [-0.2, 0) is 20.6 Å². The average Bonchev–Trinajstić information content (AvgIpc) is 3.04. The van der Waals surface area contributed by atoms with Crippen LogP contribution in [0.2, 0.25) is 0 Å². The van der Waals surface area contributed by atoms with Gasteiger partial charge >= 0.3 is 13.2 Å². The van der Waals surface area contributed by atoms with Crippen molar-refractivity contribution in [1.82, 2.24) is 14.7 Å². The summed E-state index contributed by atoms with van der Waals surface area (Å²) >= 11 is 0. The molecule has 0 saturated carbocycles. The van der Waals surface area contributed by atoms with Gasteiger partial charge in [-0.2, -0.15) is 5.10 Å². The maximum absolute atomic E-state index is 12.4. The Morgan fingerprint density at radius 3 is 2.33 bits per heavy atom. The first-order chi connectivity index (χ1) is 12.3. The molecule has 0 radical (unpaired) electrons. The third-order valence-electron chi connectivity index (χ3n) is 4.92. The van der Waals surface area contributed by atoms with E-state index in [1.165, 1.54) is 0 Å². The highest BCUT2D eigenvalue weighted by Crippen LogP contribution is 2.36. The van der Waals surface area contributed by atoms with Gasteiger partial charge in [-0.1, -0.05) is 6.92 Å². The van der Waals surface area contributed by atoms with Gasteiger partial charge in [-0.05, 0) is 54.9 Å². The van der Waals surface area contributed by atoms with Crippen molar-refractivity contribution in [2.75, 3.05) is 13.1 Å². The van der Waals surface area contributed by atoms with Crippen molar-refractivity contribution in [3.8, 4) is 0 Å². The molecule has 1 aliphatic heterocycles. The summed E-state index contributed by atoms with van der Waals surface area (Å²) in [5.74, 6) is 0. The minimum atomic E-state index is -0.501. The molecular formula is C19H34BN3O4. The number of ether oxygens (including phenoxy) is 1. The van der Waals surface area contributed by atoms with Crippen LogP contribution in [-0.4, -0.2) is 57.8 Å². The van der Waals surface area contributed by atoms with Crippen molar-refractivity contribution in [1.29, 1.82) is 0 Å². The molecule has 7 nitrogen and oxygen atoms in total. The zero-order valence-electron chi connectivity index (χ0n) is 18.0. The fourth-order valence-corrected chi connectivity index (χ4v) is 2.72. The summed E-state index contributed by atoms with van der Waals surface area (Å²) in [6, 6.07) is 0. The van der Waals surface area contributed by atoms with Crippen LogP contribution < -0.4 is 5.46 Å². The van der Waals surface area contributed by atoms with E-state index in [4.69, 9.17) is 14.0 Å². The van der Waals surface area contributed by atoms with Gasteiger partial charge in [0.2, 0.25) is 0 Å². The van der Waals surface area contributed by atoms with E-state index in [1.54, 1.807) is 11.1 Å². The van der Waals surface area contributed by atoms with Gasteiger partial charge in [-0.15, -0.1) is 0 Å². The SMILES string of the molecule is CCCN(CCn1cc(B2OC(C)(C)C(C)(C)O2)cn1)C(=O)OC(C)(C)C. The summed E-state index contributed by atoms with van der Waals surface area (Å²) in [6.07, 6.45) is 4.27. The van der Waals surface area contributed by atoms with Crippen molar-refractivity contribution in [2.24, 2.45) is 0 Å². The maximum Gasteiger partial charge on any atom is 0.498 e. The smallest absolute Gasteiger partial charge is 0.444 e. The number of nitrogens with zero attached hydrogens (tertiary/aromatic N) is 3. The summed E-state index contributed by atoms with van der Waals surface area (Å²) in [5, 5.41) is 4.40. The minimum absolute atomic E-state index is 0.289. The molecule has 0 spiro atoms. The van der Waals surface area contributed by atoms with Gasteiger partial charge in [-0.25, -0.2) is 4.79 Å². The molecule has 1 aromatic heterocycles. The first-order valence-electron chi connectivity index (χ1n) is 9.70. The molecule has 0 aliphatic carbocycles. The van der Waals surface area contributed by atoms with E-state index < -0.39 is 12.7 Å². The van der Waals surface area contributed by atoms with Gasteiger partial charge in [0.25, 0.3) is 0 Å². The van der Waals surface area contributed by atoms with E-state index in [-0.39, 0.29) is 17.3 Å². The molecule has 8 heteroatoms. The quantitative estimate of drug-likeness (QED) is 0.711. The second-order valence-electron chi connectivity index (χ2n) is 9.09. The Hall–Kier alpha value is -1.54. The Labute approximate surface area is 163 Å². The standard InChI is InChI=1S/C19H34BN3O4/c1-9-10-22(16(24)25-17(2,3)4)11-12-23-14-15(13-21-23)20-26-18(5,6)19(7,8)27-20/h13-14H,9-12H2,1-8H3. The zero-order chi connectivity index (χ0) is 20.5. The lowest BCUT2D eigenvalue weighted by Crippen LogP contribution is -2.41. The van der Waals surface area contributed by atoms with Gasteiger partial charge in [0.15, 0.2) is 0 Å². The van der Waals surface area contributed by atoms with Crippen LogP contribution in [0.15, 0.2) is 12.4 Å². The third kappa shape index (κ3) is 5.48. The molecule has 1 aliphatic rings. The lowest BCUT2D eigenvalue weighted by molar-refractivity contribution is 0.00578. The number of hydrogen-bond donors (Lipinski definition) is 0. The largest absolute Gasteiger partial charge is 0.498 e. The molecule has 152 valence electrons. The van der Waals surface area contributed by atoms with Crippen LogP contribution in [0.25, 0.3) is 0 Å². The highest BCUT2D eigenvalue weighted by atomic mass is 16.7. The Morgan fingerprint density at radius 2 is 1.81 bits per heavy atom. The second-order valence-corrected chi connectivity index (χ2v) is 9.09. The summed E-state index contributed by atoms with van der Waals surface area (Å²) in [4.78, 5) is 14.1. The molecule has 0 aromatic carbocycles. The van der Waals surface area contributed by atoms with Crippen molar-refractivity contribution in [2.45, 2.75) is 85.2 Å². The fraction of sp³-hybridized carbons (Fsp3) is 0.789. The van der Waals surface area contributed by atoms with E-state index in [1.807, 2.05) is 66.3 Å². The van der Waals surface area contributed by atoms with Gasteiger partial charge < -0.3 is 18.9 Å². The lowest BCUT2D eigenvalue weighted by atomic mass is 9.82. The lowest BCUT2D eigenvalue weighted by Gasteiger charge is -2.32. The molecule has 1 aromatic rings. The van der Waals surface area contributed by atoms with Crippen LogP contribution in [0.5, 0.6) is 0 Å². The number of hydrogen-bond acceptors (Lipinski definition) is 5. The summed E-state index contributed by atoms with van der Waals surface area (Å²) in [6.45, 7) is 17.6. The molecule has 0 N–H and O–H groups in total. The van der Waals surface area contributed by atoms with E-state index in [0.717, 1.165) is 11.9 Å². The van der Waals surface area contributed by atoms with Crippen LogP contribution in [0, 0.1) is 0 Å². The number of carbonyl (C=O) groups excluding carboxylic acids is 1. The molecule has 0 bridgehead atoms. The van der Waals surface area contributed by atoms with Crippen molar-refractivity contribution in [3.63, 3.8) is 0 Å². The van der Waals surface area contributed by atoms with Crippen LogP contribution >= 0.6 is 0 Å². The van der Waals surface area contributed by atoms with Crippen LogP contribution in [0.3, 0.4) is 0 Å². The fourth-order valence-electron chi connectivity index (χ4n) is 2.72. The minimum Gasteiger partial charge on any atom is -0.444 e. The second kappa shape index (κ2) is 7.83. The Balaban J connectivity index is 1.97. The highest BCUT2D eigenvalue weighted by molar-refractivity contribution is 6.61. The normalized spacial score (nSPS) is 18.6. The van der Waals surface area contributed by atoms with Crippen molar-refractivity contribution >= 4 is 18.7 Å². The van der Waals surface area contributed by atoms with Crippen molar-refractivity contribution in [3.05, 3.63) is 12.4 Å². The average molecular weight is 379 g/mol. The Kier molecular flexibility index (Phi) is 6.31. The zero-order valence-corrected chi connectivity index (χ0v) is 18.0. The monoisotopic (exact) mass is 379 g/mol. The van der Waals surface area contributed by atoms with Gasteiger partial charge in [0, 0.05) is 30.9 Å². The topological polar surface area (TPSA) is 65.8 Å². The molecule has 0 atom stereocenters. The number of carbonyl (C=O) groups is 1. The molecule has 1 saturated heterocycles. The predicted octanol–water partition coefficient (Wildman–Crippen LogP) is 2.83. The van der Waals surface area contributed by atoms with E-state index in [0.29, 0.717) is 19.6 Å². The van der Waals surface area contributed by atoms with E-state index in [2.05, 4.69) is 5.10 Å². The maximum atomic E-state index is 12.4.